The van der Waals surface area contributed by atoms with Crippen LogP contribution in [0.5, 0.6) is 0 Å². The third-order valence-corrected chi connectivity index (χ3v) is 7.15. The molecule has 1 aliphatic heterocycles. The summed E-state index contributed by atoms with van der Waals surface area (Å²) in [5, 5.41) is 2.92. The van der Waals surface area contributed by atoms with Crippen molar-refractivity contribution in [1.29, 1.82) is 0 Å². The van der Waals surface area contributed by atoms with Crippen LogP contribution in [0.4, 0.5) is 5.69 Å². The van der Waals surface area contributed by atoms with Crippen molar-refractivity contribution in [2.45, 2.75) is 31.6 Å². The lowest BCUT2D eigenvalue weighted by atomic mass is 10.1. The van der Waals surface area contributed by atoms with Crippen LogP contribution >= 0.6 is 0 Å². The molecule has 1 aliphatic rings. The predicted molar refractivity (Wildman–Crippen MR) is 115 cm³/mol. The fraction of sp³-hybridized carbons (Fsp3) is 0.409. The van der Waals surface area contributed by atoms with Gasteiger partial charge in [-0.25, -0.2) is 8.42 Å². The molecule has 3 rings (SSSR count). The monoisotopic (exact) mass is 416 g/mol. The van der Waals surface area contributed by atoms with Gasteiger partial charge in [0.1, 0.15) is 0 Å². The maximum absolute atomic E-state index is 12.9. The largest absolute Gasteiger partial charge is 0.325 e. The molecule has 2 aromatic carbocycles. The van der Waals surface area contributed by atoms with E-state index >= 15 is 0 Å². The molecule has 7 heteroatoms. The molecule has 0 saturated carbocycles. The van der Waals surface area contributed by atoms with Gasteiger partial charge in [0.15, 0.2) is 6.54 Å². The molecule has 0 spiro atoms. The molecule has 0 atom stereocenters. The van der Waals surface area contributed by atoms with Crippen LogP contribution < -0.4 is 10.2 Å². The number of aryl methyl sites for hydroxylation is 2. The number of nitrogens with one attached hydrogen (secondary N) is 2. The van der Waals surface area contributed by atoms with E-state index in [0.29, 0.717) is 37.6 Å². The zero-order valence-corrected chi connectivity index (χ0v) is 18.0. The minimum atomic E-state index is -3.48. The van der Waals surface area contributed by atoms with Crippen molar-refractivity contribution in [1.82, 2.24) is 4.31 Å². The maximum Gasteiger partial charge on any atom is 0.279 e. The molecular formula is C22H30N3O3S+. The molecular weight excluding hydrogens is 386 g/mol. The average molecular weight is 417 g/mol. The highest BCUT2D eigenvalue weighted by Gasteiger charge is 2.31. The van der Waals surface area contributed by atoms with Gasteiger partial charge in [0.05, 0.1) is 31.1 Å². The number of carbonyl (C=O) groups excluding carboxylic acids is 1. The van der Waals surface area contributed by atoms with Crippen molar-refractivity contribution >= 4 is 21.6 Å². The Labute approximate surface area is 173 Å². The Hall–Kier alpha value is -2.22. The zero-order valence-electron chi connectivity index (χ0n) is 17.1. The first-order valence-corrected chi connectivity index (χ1v) is 11.6. The first kappa shape index (κ1) is 21.5. The van der Waals surface area contributed by atoms with Gasteiger partial charge < -0.3 is 10.2 Å². The molecule has 1 fully saturated rings. The van der Waals surface area contributed by atoms with Crippen molar-refractivity contribution in [3.63, 3.8) is 0 Å². The molecule has 29 heavy (non-hydrogen) atoms. The highest BCUT2D eigenvalue weighted by molar-refractivity contribution is 7.89. The van der Waals surface area contributed by atoms with Gasteiger partial charge in [0, 0.05) is 5.69 Å². The Balaban J connectivity index is 1.53. The van der Waals surface area contributed by atoms with E-state index in [1.807, 2.05) is 43.3 Å². The molecule has 6 nitrogen and oxygen atoms in total. The number of hydrogen-bond donors (Lipinski definition) is 2. The fourth-order valence-corrected chi connectivity index (χ4v) is 5.08. The van der Waals surface area contributed by atoms with Crippen LogP contribution in [0.1, 0.15) is 24.5 Å². The standard InChI is InChI=1S/C22H29N3O3S/c1-3-5-19-8-10-21(11-9-19)29(27,28)25-14-12-24(13-15-25)17-22(26)23-20-7-4-6-18(2)16-20/h4,6-11,16H,3,5,12-15,17H2,1-2H3,(H,23,26)/p+1. The molecule has 0 aromatic heterocycles. The summed E-state index contributed by atoms with van der Waals surface area (Å²) in [6.45, 7) is 6.51. The van der Waals surface area contributed by atoms with Crippen LogP contribution in [0.2, 0.25) is 0 Å². The van der Waals surface area contributed by atoms with Crippen molar-refractivity contribution < 1.29 is 18.1 Å². The Kier molecular flexibility index (Phi) is 7.05. The number of anilines is 1. The Morgan fingerprint density at radius 1 is 1.10 bits per heavy atom. The fourth-order valence-electron chi connectivity index (χ4n) is 3.64. The lowest BCUT2D eigenvalue weighted by Crippen LogP contribution is -3.15. The second-order valence-electron chi connectivity index (χ2n) is 7.64. The van der Waals surface area contributed by atoms with Gasteiger partial charge in [-0.3, -0.25) is 4.79 Å². The van der Waals surface area contributed by atoms with Gasteiger partial charge in [0.25, 0.3) is 5.91 Å². The second kappa shape index (κ2) is 9.52. The van der Waals surface area contributed by atoms with Gasteiger partial charge in [-0.15, -0.1) is 0 Å². The number of piperazine rings is 1. The van der Waals surface area contributed by atoms with Gasteiger partial charge in [0.2, 0.25) is 10.0 Å². The number of rotatable bonds is 7. The summed E-state index contributed by atoms with van der Waals surface area (Å²) in [5.41, 5.74) is 3.04. The smallest absolute Gasteiger partial charge is 0.279 e. The summed E-state index contributed by atoms with van der Waals surface area (Å²) in [7, 11) is -3.48. The van der Waals surface area contributed by atoms with Crippen molar-refractivity contribution in [2.75, 3.05) is 38.0 Å². The summed E-state index contributed by atoms with van der Waals surface area (Å²) >= 11 is 0. The Bertz CT molecular complexity index is 934. The second-order valence-corrected chi connectivity index (χ2v) is 9.58. The maximum atomic E-state index is 12.9. The molecule has 1 heterocycles. The lowest BCUT2D eigenvalue weighted by Gasteiger charge is -2.31. The minimum Gasteiger partial charge on any atom is -0.325 e. The Morgan fingerprint density at radius 2 is 1.79 bits per heavy atom. The molecule has 0 unspecified atom stereocenters. The topological polar surface area (TPSA) is 70.9 Å². The van der Waals surface area contributed by atoms with E-state index in [1.54, 1.807) is 12.1 Å². The minimum absolute atomic E-state index is 0.0478. The van der Waals surface area contributed by atoms with Crippen molar-refractivity contribution in [2.24, 2.45) is 0 Å². The van der Waals surface area contributed by atoms with Gasteiger partial charge >= 0.3 is 0 Å². The van der Waals surface area contributed by atoms with Crippen LogP contribution in [0.25, 0.3) is 0 Å². The number of amides is 1. The van der Waals surface area contributed by atoms with E-state index in [1.165, 1.54) is 4.31 Å². The van der Waals surface area contributed by atoms with E-state index in [9.17, 15) is 13.2 Å². The predicted octanol–water partition coefficient (Wildman–Crippen LogP) is 1.48. The van der Waals surface area contributed by atoms with Crippen LogP contribution in [-0.2, 0) is 21.2 Å². The first-order valence-electron chi connectivity index (χ1n) is 10.2. The van der Waals surface area contributed by atoms with Crippen LogP contribution in [0.3, 0.4) is 0 Å². The summed E-state index contributed by atoms with van der Waals surface area (Å²) in [4.78, 5) is 13.8. The van der Waals surface area contributed by atoms with Crippen LogP contribution in [-0.4, -0.2) is 51.4 Å². The van der Waals surface area contributed by atoms with E-state index in [0.717, 1.165) is 34.6 Å². The highest BCUT2D eigenvalue weighted by atomic mass is 32.2. The van der Waals surface area contributed by atoms with Gasteiger partial charge in [-0.2, -0.15) is 4.31 Å². The summed E-state index contributed by atoms with van der Waals surface area (Å²) in [6.07, 6.45) is 1.99. The van der Waals surface area contributed by atoms with E-state index in [2.05, 4.69) is 12.2 Å². The van der Waals surface area contributed by atoms with E-state index in [-0.39, 0.29) is 5.91 Å². The quantitative estimate of drug-likeness (QED) is 0.718. The SMILES string of the molecule is CCCc1ccc(S(=O)(=O)N2CC[NH+](CC(=O)Nc3cccc(C)c3)CC2)cc1. The van der Waals surface area contributed by atoms with Gasteiger partial charge in [-0.1, -0.05) is 37.6 Å². The highest BCUT2D eigenvalue weighted by Crippen LogP contribution is 2.17. The number of nitrogens with zero attached hydrogens (tertiary/aromatic N) is 1. The summed E-state index contributed by atoms with van der Waals surface area (Å²) < 4.78 is 27.3. The van der Waals surface area contributed by atoms with Crippen LogP contribution in [0.15, 0.2) is 53.4 Å². The first-order chi connectivity index (χ1) is 13.9. The number of carbonyl (C=O) groups is 1. The van der Waals surface area contributed by atoms with Gasteiger partial charge in [-0.05, 0) is 48.7 Å². The average Bonchev–Trinajstić information content (AvgIpc) is 2.69. The molecule has 0 radical (unpaired) electrons. The molecule has 1 amide bonds. The lowest BCUT2D eigenvalue weighted by molar-refractivity contribution is -0.895. The van der Waals surface area contributed by atoms with E-state index in [4.69, 9.17) is 0 Å². The van der Waals surface area contributed by atoms with Crippen molar-refractivity contribution in [3.05, 3.63) is 59.7 Å². The molecule has 0 aliphatic carbocycles. The molecule has 1 saturated heterocycles. The number of benzene rings is 2. The molecule has 0 bridgehead atoms. The molecule has 156 valence electrons. The third-order valence-electron chi connectivity index (χ3n) is 5.24. The third kappa shape index (κ3) is 5.65. The van der Waals surface area contributed by atoms with E-state index < -0.39 is 10.0 Å². The number of quaternary nitrogens is 1. The normalized spacial score (nSPS) is 15.9. The summed E-state index contributed by atoms with van der Waals surface area (Å²) in [6, 6.07) is 14.9. The number of sulfonamides is 1. The number of hydrogen-bond acceptors (Lipinski definition) is 3. The summed E-state index contributed by atoms with van der Waals surface area (Å²) in [5.74, 6) is -0.0478. The van der Waals surface area contributed by atoms with Crippen LogP contribution in [0, 0.1) is 6.92 Å². The molecule has 2 N–H and O–H groups in total. The zero-order chi connectivity index (χ0) is 20.9. The Morgan fingerprint density at radius 3 is 2.41 bits per heavy atom. The molecule has 2 aromatic rings. The van der Waals surface area contributed by atoms with Crippen molar-refractivity contribution in [3.8, 4) is 0 Å².